The lowest BCUT2D eigenvalue weighted by Gasteiger charge is -2.13. The van der Waals surface area contributed by atoms with Crippen molar-refractivity contribution in [3.05, 3.63) is 60.4 Å². The van der Waals surface area contributed by atoms with E-state index in [9.17, 15) is 0 Å². The first kappa shape index (κ1) is 17.0. The van der Waals surface area contributed by atoms with Crippen LogP contribution < -0.4 is 25.0 Å². The first-order valence-corrected chi connectivity index (χ1v) is 8.66. The Morgan fingerprint density at radius 2 is 1.70 bits per heavy atom. The average molecular weight is 363 g/mol. The summed E-state index contributed by atoms with van der Waals surface area (Å²) < 4.78 is 10.7. The lowest BCUT2D eigenvalue weighted by atomic mass is 10.2. The molecule has 0 saturated carbocycles. The molecule has 3 aromatic rings. The molecule has 0 bridgehead atoms. The Morgan fingerprint density at radius 1 is 0.926 bits per heavy atom. The molecular formula is C20H21N5O2. The summed E-state index contributed by atoms with van der Waals surface area (Å²) in [5, 5.41) is 6.60. The summed E-state index contributed by atoms with van der Waals surface area (Å²) >= 11 is 0. The van der Waals surface area contributed by atoms with Gasteiger partial charge in [0.15, 0.2) is 11.5 Å². The van der Waals surface area contributed by atoms with Gasteiger partial charge in [-0.25, -0.2) is 9.97 Å². The van der Waals surface area contributed by atoms with Crippen LogP contribution in [-0.4, -0.2) is 30.9 Å². The minimum Gasteiger partial charge on any atom is -0.454 e. The van der Waals surface area contributed by atoms with Gasteiger partial charge in [0.2, 0.25) is 6.79 Å². The summed E-state index contributed by atoms with van der Waals surface area (Å²) in [6.45, 7) is 0.910. The monoisotopic (exact) mass is 363 g/mol. The SMILES string of the molecule is CN(C)c1ccc(Nc2cc(NCc3ccc4c(c3)OCO4)ncn2)cc1. The number of benzene rings is 2. The zero-order chi connectivity index (χ0) is 18.6. The number of anilines is 4. The first-order valence-electron chi connectivity index (χ1n) is 8.66. The van der Waals surface area contributed by atoms with E-state index < -0.39 is 0 Å². The fourth-order valence-corrected chi connectivity index (χ4v) is 2.76. The minimum atomic E-state index is 0.280. The third kappa shape index (κ3) is 4.03. The van der Waals surface area contributed by atoms with Crippen molar-refractivity contribution in [2.24, 2.45) is 0 Å². The van der Waals surface area contributed by atoms with Gasteiger partial charge in [0.25, 0.3) is 0 Å². The Morgan fingerprint density at radius 3 is 2.52 bits per heavy atom. The van der Waals surface area contributed by atoms with Crippen molar-refractivity contribution >= 4 is 23.0 Å². The Kier molecular flexibility index (Phi) is 4.65. The van der Waals surface area contributed by atoms with Crippen LogP contribution in [0.25, 0.3) is 0 Å². The zero-order valence-corrected chi connectivity index (χ0v) is 15.3. The number of nitrogens with one attached hydrogen (secondary N) is 2. The Balaban J connectivity index is 1.40. The highest BCUT2D eigenvalue weighted by Gasteiger charge is 2.13. The second-order valence-electron chi connectivity index (χ2n) is 6.40. The normalized spacial score (nSPS) is 11.9. The van der Waals surface area contributed by atoms with Gasteiger partial charge in [-0.05, 0) is 42.0 Å². The van der Waals surface area contributed by atoms with Crippen molar-refractivity contribution in [3.8, 4) is 11.5 Å². The van der Waals surface area contributed by atoms with E-state index >= 15 is 0 Å². The molecule has 27 heavy (non-hydrogen) atoms. The van der Waals surface area contributed by atoms with Crippen LogP contribution in [0.4, 0.5) is 23.0 Å². The van der Waals surface area contributed by atoms with Crippen LogP contribution in [0.2, 0.25) is 0 Å². The van der Waals surface area contributed by atoms with Gasteiger partial charge in [-0.3, -0.25) is 0 Å². The Hall–Kier alpha value is -3.48. The van der Waals surface area contributed by atoms with Crippen LogP contribution in [0.3, 0.4) is 0 Å². The molecule has 0 amide bonds. The Bertz CT molecular complexity index is 928. The molecule has 7 nitrogen and oxygen atoms in total. The van der Waals surface area contributed by atoms with E-state index in [2.05, 4.69) is 37.6 Å². The molecule has 2 N–H and O–H groups in total. The summed E-state index contributed by atoms with van der Waals surface area (Å²) in [6.07, 6.45) is 1.54. The molecule has 138 valence electrons. The second-order valence-corrected chi connectivity index (χ2v) is 6.40. The van der Waals surface area contributed by atoms with Gasteiger partial charge in [-0.2, -0.15) is 0 Å². The molecule has 1 aromatic heterocycles. The van der Waals surface area contributed by atoms with Crippen LogP contribution in [0.1, 0.15) is 5.56 Å². The van der Waals surface area contributed by atoms with Gasteiger partial charge in [0.05, 0.1) is 0 Å². The highest BCUT2D eigenvalue weighted by Crippen LogP contribution is 2.32. The summed E-state index contributed by atoms with van der Waals surface area (Å²) in [5.74, 6) is 3.04. The third-order valence-electron chi connectivity index (χ3n) is 4.23. The van der Waals surface area contributed by atoms with Gasteiger partial charge >= 0.3 is 0 Å². The van der Waals surface area contributed by atoms with E-state index in [1.165, 1.54) is 0 Å². The first-order chi connectivity index (χ1) is 13.2. The number of aromatic nitrogens is 2. The Labute approximate surface area is 158 Å². The van der Waals surface area contributed by atoms with Crippen molar-refractivity contribution in [1.82, 2.24) is 9.97 Å². The maximum atomic E-state index is 5.41. The molecule has 0 aliphatic carbocycles. The number of hydrogen-bond acceptors (Lipinski definition) is 7. The number of hydrogen-bond donors (Lipinski definition) is 2. The number of ether oxygens (including phenoxy) is 2. The fourth-order valence-electron chi connectivity index (χ4n) is 2.76. The van der Waals surface area contributed by atoms with Crippen molar-refractivity contribution in [1.29, 1.82) is 0 Å². The lowest BCUT2D eigenvalue weighted by Crippen LogP contribution is -2.08. The fraction of sp³-hybridized carbons (Fsp3) is 0.200. The van der Waals surface area contributed by atoms with Gasteiger partial charge in [-0.1, -0.05) is 6.07 Å². The topological polar surface area (TPSA) is 71.5 Å². The van der Waals surface area contributed by atoms with Gasteiger partial charge in [-0.15, -0.1) is 0 Å². The number of fused-ring (bicyclic) bond motifs is 1. The van der Waals surface area contributed by atoms with E-state index in [4.69, 9.17) is 9.47 Å². The van der Waals surface area contributed by atoms with Gasteiger partial charge < -0.3 is 25.0 Å². The molecule has 2 heterocycles. The molecule has 4 rings (SSSR count). The highest BCUT2D eigenvalue weighted by atomic mass is 16.7. The van der Waals surface area contributed by atoms with Crippen LogP contribution >= 0.6 is 0 Å². The maximum absolute atomic E-state index is 5.41. The summed E-state index contributed by atoms with van der Waals surface area (Å²) in [6, 6.07) is 15.9. The van der Waals surface area contributed by atoms with E-state index in [0.717, 1.165) is 40.1 Å². The summed E-state index contributed by atoms with van der Waals surface area (Å²) in [7, 11) is 4.04. The average Bonchev–Trinajstić information content (AvgIpc) is 3.15. The molecule has 0 unspecified atom stereocenters. The van der Waals surface area contributed by atoms with Crippen molar-refractivity contribution in [3.63, 3.8) is 0 Å². The predicted octanol–water partition coefficient (Wildman–Crippen LogP) is 3.63. The predicted molar refractivity (Wildman–Crippen MR) is 106 cm³/mol. The minimum absolute atomic E-state index is 0.280. The largest absolute Gasteiger partial charge is 0.454 e. The zero-order valence-electron chi connectivity index (χ0n) is 15.3. The molecule has 1 aliphatic rings. The quantitative estimate of drug-likeness (QED) is 0.693. The van der Waals surface area contributed by atoms with Crippen molar-refractivity contribution in [2.75, 3.05) is 36.4 Å². The van der Waals surface area contributed by atoms with E-state index in [1.807, 2.05) is 50.5 Å². The lowest BCUT2D eigenvalue weighted by molar-refractivity contribution is 0.174. The van der Waals surface area contributed by atoms with E-state index in [0.29, 0.717) is 6.54 Å². The van der Waals surface area contributed by atoms with Crippen LogP contribution in [0, 0.1) is 0 Å². The molecule has 7 heteroatoms. The molecule has 0 spiro atoms. The van der Waals surface area contributed by atoms with Crippen molar-refractivity contribution < 1.29 is 9.47 Å². The van der Waals surface area contributed by atoms with E-state index in [1.54, 1.807) is 6.33 Å². The standard InChI is InChI=1S/C20H21N5O2/c1-25(2)16-6-4-15(5-7-16)24-20-10-19(22-12-23-20)21-11-14-3-8-17-18(9-14)27-13-26-17/h3-10,12H,11,13H2,1-2H3,(H2,21,22,23,24). The molecule has 1 aliphatic heterocycles. The van der Waals surface area contributed by atoms with Gasteiger partial charge in [0.1, 0.15) is 18.0 Å². The van der Waals surface area contributed by atoms with Crippen LogP contribution in [-0.2, 0) is 6.54 Å². The van der Waals surface area contributed by atoms with Crippen LogP contribution in [0.15, 0.2) is 54.9 Å². The second kappa shape index (κ2) is 7.41. The van der Waals surface area contributed by atoms with Gasteiger partial charge in [0, 0.05) is 38.1 Å². The maximum Gasteiger partial charge on any atom is 0.231 e. The number of nitrogens with zero attached hydrogens (tertiary/aromatic N) is 3. The molecular weight excluding hydrogens is 342 g/mol. The molecule has 0 atom stereocenters. The smallest absolute Gasteiger partial charge is 0.231 e. The van der Waals surface area contributed by atoms with E-state index in [-0.39, 0.29) is 6.79 Å². The molecule has 2 aromatic carbocycles. The molecule has 0 radical (unpaired) electrons. The highest BCUT2D eigenvalue weighted by molar-refractivity contribution is 5.62. The number of rotatable bonds is 6. The molecule has 0 fully saturated rings. The summed E-state index contributed by atoms with van der Waals surface area (Å²) in [5.41, 5.74) is 3.21. The molecule has 0 saturated heterocycles. The third-order valence-corrected chi connectivity index (χ3v) is 4.23. The van der Waals surface area contributed by atoms with Crippen LogP contribution in [0.5, 0.6) is 11.5 Å². The van der Waals surface area contributed by atoms with Crippen molar-refractivity contribution in [2.45, 2.75) is 6.54 Å². The summed E-state index contributed by atoms with van der Waals surface area (Å²) in [4.78, 5) is 10.6.